The van der Waals surface area contributed by atoms with Crippen molar-refractivity contribution in [3.8, 4) is 11.5 Å². The molecule has 9 rings (SSSR count). The number of anilines is 2. The fraction of sp³-hybridized carbons (Fsp3) is 0.459. The number of nitrogens with one attached hydrogen (secondary N) is 2. The smallest absolute Gasteiger partial charge is 0.465 e. The fourth-order valence-electron chi connectivity index (χ4n) is 9.41. The van der Waals surface area contributed by atoms with Crippen LogP contribution in [-0.4, -0.2) is 110 Å². The van der Waals surface area contributed by atoms with Gasteiger partial charge in [0.25, 0.3) is 5.17 Å². The first kappa shape index (κ1) is 38.8. The number of carbonyl (C=O) groups is 3. The summed E-state index contributed by atoms with van der Waals surface area (Å²) in [6.07, 6.45) is 3.62. The van der Waals surface area contributed by atoms with Crippen molar-refractivity contribution in [2.75, 3.05) is 61.8 Å². The van der Waals surface area contributed by atoms with Gasteiger partial charge in [0.15, 0.2) is 11.5 Å². The molecular weight excluding hydrogens is 806 g/mol. The highest BCUT2D eigenvalue weighted by atomic mass is 35.5. The molecule has 298 valence electrons. The molecule has 0 saturated heterocycles. The van der Waals surface area contributed by atoms with Gasteiger partial charge in [0, 0.05) is 99.2 Å². The van der Waals surface area contributed by atoms with E-state index in [9.17, 15) is 33.8 Å². The zero-order valence-corrected chi connectivity index (χ0v) is 34.2. The minimum Gasteiger partial charge on any atom is -0.465 e. The molecule has 2 atom stereocenters. The standard InChI is InChI=1S/C37H41Cl2N6O9PS/c1-18-11-40-30-24(53-35(56)43(4)6-5-42(3)34(48)49)7-22-28(26(18)30)20(9-38)13-44(22)32(46)36-15-37(16-36,17-36)33(47)45-14-21(10-39)29-23(45)8-25(54-55(50,51)52)31-27(29)19(2)12-41-31/h7-8,11-12,20-21,40-41H,5-6,9-10,13-17H2,1-4H3,(H,48,49)(H2,50,51,52)/t20?,21-,36?,37?/m1/s1. The Hall–Kier alpha value is -4.05. The molecule has 19 heteroatoms. The molecule has 0 radical (unpaired) electrons. The van der Waals surface area contributed by atoms with Crippen molar-refractivity contribution in [2.45, 2.75) is 44.9 Å². The van der Waals surface area contributed by atoms with Crippen molar-refractivity contribution in [3.05, 3.63) is 46.8 Å². The van der Waals surface area contributed by atoms with Crippen molar-refractivity contribution < 1.29 is 43.1 Å². The highest BCUT2D eigenvalue weighted by Gasteiger charge is 2.76. The van der Waals surface area contributed by atoms with Crippen LogP contribution in [0.1, 0.15) is 53.4 Å². The van der Waals surface area contributed by atoms with Gasteiger partial charge in [0.1, 0.15) is 0 Å². The number of likely N-dealkylation sites (N-methyl/N-ethyl adjacent to an activating group) is 2. The minimum absolute atomic E-state index is 0.0627. The van der Waals surface area contributed by atoms with E-state index in [1.54, 1.807) is 27.9 Å². The second-order valence-corrected chi connectivity index (χ2v) is 17.9. The highest BCUT2D eigenvalue weighted by Crippen LogP contribution is 2.75. The number of benzene rings is 2. The van der Waals surface area contributed by atoms with E-state index in [0.29, 0.717) is 72.4 Å². The molecule has 3 saturated carbocycles. The largest absolute Gasteiger partial charge is 0.524 e. The molecule has 2 aromatic carbocycles. The van der Waals surface area contributed by atoms with E-state index in [1.807, 2.05) is 26.1 Å². The van der Waals surface area contributed by atoms with Gasteiger partial charge >= 0.3 is 13.9 Å². The second-order valence-electron chi connectivity index (χ2n) is 15.8. The topological polar surface area (TPSA) is 192 Å². The number of aromatic amines is 2. The van der Waals surface area contributed by atoms with Crippen LogP contribution in [0.3, 0.4) is 0 Å². The van der Waals surface area contributed by atoms with Crippen molar-refractivity contribution in [3.63, 3.8) is 0 Å². The third kappa shape index (κ3) is 5.94. The lowest BCUT2D eigenvalue weighted by Gasteiger charge is -2.69. The zero-order chi connectivity index (χ0) is 40.2. The van der Waals surface area contributed by atoms with E-state index in [4.69, 9.17) is 44.7 Å². The van der Waals surface area contributed by atoms with Crippen LogP contribution >= 0.6 is 43.2 Å². The molecule has 4 aromatic rings. The molecule has 15 nitrogen and oxygen atoms in total. The summed E-state index contributed by atoms with van der Waals surface area (Å²) >= 11 is 18.6. The maximum Gasteiger partial charge on any atom is 0.524 e. The van der Waals surface area contributed by atoms with Crippen molar-refractivity contribution in [1.29, 1.82) is 0 Å². The first-order valence-electron chi connectivity index (χ1n) is 18.1. The van der Waals surface area contributed by atoms with Gasteiger partial charge in [0.05, 0.1) is 33.2 Å². The number of hydrogen-bond donors (Lipinski definition) is 5. The number of carbonyl (C=O) groups excluding carboxylic acids is 2. The van der Waals surface area contributed by atoms with Gasteiger partial charge in [-0.25, -0.2) is 9.36 Å². The maximum absolute atomic E-state index is 14.6. The summed E-state index contributed by atoms with van der Waals surface area (Å²) in [6.45, 7) is 5.00. The molecule has 4 heterocycles. The van der Waals surface area contributed by atoms with E-state index >= 15 is 0 Å². The van der Waals surface area contributed by atoms with Crippen LogP contribution in [0.25, 0.3) is 21.8 Å². The molecule has 5 N–H and O–H groups in total. The molecular formula is C37H41Cl2N6O9PS. The number of thiocarbonyl (C=S) groups is 1. The Morgan fingerprint density at radius 1 is 0.857 bits per heavy atom. The monoisotopic (exact) mass is 846 g/mol. The number of amides is 3. The number of hydrogen-bond acceptors (Lipinski definition) is 7. The van der Waals surface area contributed by atoms with E-state index in [0.717, 1.165) is 32.5 Å². The predicted octanol–water partition coefficient (Wildman–Crippen LogP) is 6.15. The summed E-state index contributed by atoms with van der Waals surface area (Å²) in [4.78, 5) is 72.4. The van der Waals surface area contributed by atoms with Gasteiger partial charge in [-0.3, -0.25) is 19.4 Å². The summed E-state index contributed by atoms with van der Waals surface area (Å²) in [5, 5.41) is 11.0. The van der Waals surface area contributed by atoms with E-state index in [-0.39, 0.29) is 52.9 Å². The van der Waals surface area contributed by atoms with E-state index < -0.39 is 24.7 Å². The Labute approximate surface area is 337 Å². The van der Waals surface area contributed by atoms with Crippen LogP contribution in [0.5, 0.6) is 11.5 Å². The van der Waals surface area contributed by atoms with Crippen LogP contribution in [0, 0.1) is 24.7 Å². The Morgan fingerprint density at radius 3 is 1.75 bits per heavy atom. The fourth-order valence-corrected chi connectivity index (χ4v) is 10.5. The molecule has 0 spiro atoms. The van der Waals surface area contributed by atoms with Crippen molar-refractivity contribution in [1.82, 2.24) is 19.8 Å². The number of aromatic nitrogens is 2. The Kier molecular flexibility index (Phi) is 9.37. The second kappa shape index (κ2) is 13.5. The maximum atomic E-state index is 14.6. The van der Waals surface area contributed by atoms with Crippen LogP contribution in [-0.2, 0) is 14.2 Å². The van der Waals surface area contributed by atoms with Gasteiger partial charge in [-0.15, -0.1) is 23.2 Å². The third-order valence-corrected chi connectivity index (χ3v) is 13.7. The lowest BCUT2D eigenvalue weighted by molar-refractivity contribution is -0.204. The van der Waals surface area contributed by atoms with Crippen LogP contribution in [0.15, 0.2) is 24.5 Å². The summed E-state index contributed by atoms with van der Waals surface area (Å²) in [5.41, 5.74) is 4.33. The summed E-state index contributed by atoms with van der Waals surface area (Å²) in [5.74, 6) is 0.248. The summed E-state index contributed by atoms with van der Waals surface area (Å²) in [7, 11) is -1.74. The lowest BCUT2D eigenvalue weighted by atomic mass is 9.34. The Balaban J connectivity index is 1.06. The van der Waals surface area contributed by atoms with E-state index in [1.165, 1.54) is 13.1 Å². The van der Waals surface area contributed by atoms with E-state index in [2.05, 4.69) is 9.97 Å². The summed E-state index contributed by atoms with van der Waals surface area (Å²) < 4.78 is 23.3. The van der Waals surface area contributed by atoms with Gasteiger partial charge in [-0.2, -0.15) is 0 Å². The van der Waals surface area contributed by atoms with Gasteiger partial charge in [-0.1, -0.05) is 0 Å². The Morgan fingerprint density at radius 2 is 1.30 bits per heavy atom. The number of nitrogens with zero attached hydrogens (tertiary/aromatic N) is 4. The average molecular weight is 848 g/mol. The lowest BCUT2D eigenvalue weighted by Crippen LogP contribution is -2.73. The normalized spacial score (nSPS) is 23.4. The summed E-state index contributed by atoms with van der Waals surface area (Å²) in [6, 6.07) is 3.31. The van der Waals surface area contributed by atoms with Crippen molar-refractivity contribution >= 4 is 99.5 Å². The number of alkyl halides is 2. The van der Waals surface area contributed by atoms with Gasteiger partial charge in [-0.05, 0) is 67.6 Å². The molecule has 3 aliphatic carbocycles. The van der Waals surface area contributed by atoms with Gasteiger partial charge in [0.2, 0.25) is 11.8 Å². The molecule has 5 aliphatic rings. The number of aryl methyl sites for hydroxylation is 2. The molecule has 2 aromatic heterocycles. The molecule has 2 bridgehead atoms. The number of phosphoric acid groups is 1. The zero-order valence-electron chi connectivity index (χ0n) is 31.0. The molecule has 2 aliphatic heterocycles. The van der Waals surface area contributed by atoms with Crippen LogP contribution in [0.4, 0.5) is 16.2 Å². The Bertz CT molecular complexity index is 2390. The number of fused-ring (bicyclic) bond motifs is 6. The van der Waals surface area contributed by atoms with Crippen LogP contribution in [0.2, 0.25) is 0 Å². The molecule has 56 heavy (non-hydrogen) atoms. The average Bonchev–Trinajstić information content (AvgIpc) is 3.87. The third-order valence-electron chi connectivity index (χ3n) is 12.1. The molecule has 1 unspecified atom stereocenters. The van der Waals surface area contributed by atoms with Crippen molar-refractivity contribution in [2.24, 2.45) is 10.8 Å². The minimum atomic E-state index is -4.93. The molecule has 3 amide bonds. The first-order chi connectivity index (χ1) is 26.4. The number of halogens is 2. The number of phosphoric ester groups is 1. The number of ether oxygens (including phenoxy) is 1. The SMILES string of the molecule is Cc1c[nH]c2c(OC(=S)N(C)CCN(C)C(=O)O)cc3c(c12)C(CCl)CN3C(=O)C12CC(C(=O)N3C[C@@H](CCl)c4c3cc(OP(=O)(O)O)c3[nH]cc(C)c43)(C1)C2. The predicted molar refractivity (Wildman–Crippen MR) is 216 cm³/mol. The molecule has 3 fully saturated rings. The van der Waals surface area contributed by atoms with Gasteiger partial charge < -0.3 is 43.9 Å². The van der Waals surface area contributed by atoms with Crippen LogP contribution < -0.4 is 19.1 Å². The number of H-pyrrole nitrogens is 2. The highest BCUT2D eigenvalue weighted by molar-refractivity contribution is 7.80. The number of rotatable bonds is 10. The quantitative estimate of drug-likeness (QED) is 0.0699. The first-order valence-corrected chi connectivity index (χ1v) is 21.1. The number of carboxylic acid groups (broad SMARTS) is 1.